The van der Waals surface area contributed by atoms with Crippen molar-refractivity contribution >= 4 is 46.8 Å². The van der Waals surface area contributed by atoms with Crippen LogP contribution < -0.4 is 21.7 Å². The summed E-state index contributed by atoms with van der Waals surface area (Å²) in [7, 11) is 5.54. The molecule has 40 heavy (non-hydrogen) atoms. The van der Waals surface area contributed by atoms with Gasteiger partial charge in [-0.15, -0.1) is 0 Å². The Hall–Kier alpha value is -3.96. The maximum atomic E-state index is 13.2. The number of hydrogen-bond donors (Lipinski definition) is 4. The van der Waals surface area contributed by atoms with Gasteiger partial charge in [-0.3, -0.25) is 14.8 Å². The number of guanidine groups is 1. The monoisotopic (exact) mass is 566 g/mol. The Morgan fingerprint density at radius 2 is 1.90 bits per heavy atom. The molecule has 12 heteroatoms. The van der Waals surface area contributed by atoms with Gasteiger partial charge in [0.1, 0.15) is 23.1 Å². The molecule has 1 aromatic rings. The van der Waals surface area contributed by atoms with E-state index in [0.717, 1.165) is 31.9 Å². The van der Waals surface area contributed by atoms with E-state index in [1.165, 1.54) is 6.20 Å². The van der Waals surface area contributed by atoms with Gasteiger partial charge >= 0.3 is 0 Å². The number of allylic oxidation sites excluding steroid dienone is 2. The first-order chi connectivity index (χ1) is 18.9. The molecule has 11 nitrogen and oxygen atoms in total. The number of nitrogens with one attached hydrogen (secondary N) is 3. The minimum absolute atomic E-state index is 0.190. The third-order valence-corrected chi connectivity index (χ3v) is 6.49. The quantitative estimate of drug-likeness (QED) is 0.375. The molecule has 1 aromatic carbocycles. The number of carbonyl (C=O) groups excluding carboxylic acids is 1. The highest BCUT2D eigenvalue weighted by atomic mass is 35.5. The highest BCUT2D eigenvalue weighted by molar-refractivity contribution is 6.41. The molecule has 1 saturated heterocycles. The second-order valence-corrected chi connectivity index (χ2v) is 10.8. The van der Waals surface area contributed by atoms with Gasteiger partial charge in [-0.05, 0) is 25.2 Å². The summed E-state index contributed by atoms with van der Waals surface area (Å²) < 4.78 is 0. The van der Waals surface area contributed by atoms with E-state index in [1.54, 1.807) is 38.5 Å². The zero-order valence-corrected chi connectivity index (χ0v) is 24.8. The lowest BCUT2D eigenvalue weighted by molar-refractivity contribution is 0.0963. The van der Waals surface area contributed by atoms with Gasteiger partial charge in [0.05, 0.1) is 6.21 Å². The van der Waals surface area contributed by atoms with E-state index in [4.69, 9.17) is 22.3 Å². The maximum absolute atomic E-state index is 13.2. The fourth-order valence-electron chi connectivity index (χ4n) is 4.04. The lowest BCUT2D eigenvalue weighted by Crippen LogP contribution is -2.47. The van der Waals surface area contributed by atoms with Crippen molar-refractivity contribution in [2.24, 2.45) is 31.1 Å². The molecule has 0 saturated carbocycles. The van der Waals surface area contributed by atoms with E-state index in [0.29, 0.717) is 39.5 Å². The molecule has 0 spiro atoms. The van der Waals surface area contributed by atoms with Crippen LogP contribution in [0.4, 0.5) is 5.69 Å². The summed E-state index contributed by atoms with van der Waals surface area (Å²) in [5.74, 6) is 0.959. The molecular weight excluding hydrogens is 528 g/mol. The zero-order valence-electron chi connectivity index (χ0n) is 24.0. The van der Waals surface area contributed by atoms with Crippen LogP contribution in [0.25, 0.3) is 0 Å². The number of carbonyl (C=O) groups is 1. The molecule has 0 radical (unpaired) electrons. The molecule has 5 N–H and O–H groups in total. The van der Waals surface area contributed by atoms with Crippen LogP contribution in [-0.2, 0) is 0 Å². The van der Waals surface area contributed by atoms with Gasteiger partial charge in [0.15, 0.2) is 0 Å². The van der Waals surface area contributed by atoms with Gasteiger partial charge in [-0.25, -0.2) is 9.98 Å². The van der Waals surface area contributed by atoms with Crippen molar-refractivity contribution < 1.29 is 4.79 Å². The van der Waals surface area contributed by atoms with Crippen molar-refractivity contribution in [2.45, 2.75) is 20.8 Å². The number of likely N-dealkylation sites (N-methyl/N-ethyl adjacent to an activating group) is 1. The largest absolute Gasteiger partial charge is 0.383 e. The fourth-order valence-corrected chi connectivity index (χ4v) is 4.28. The lowest BCUT2D eigenvalue weighted by Gasteiger charge is -2.33. The molecule has 0 aliphatic carbocycles. The molecular formula is C28H39ClN10O. The van der Waals surface area contributed by atoms with Crippen molar-refractivity contribution in [1.29, 1.82) is 0 Å². The molecule has 0 atom stereocenters. The molecule has 2 aliphatic heterocycles. The molecule has 1 amide bonds. The standard InChI is InChI=1S/C28H39ClN10O/c1-8-33-21-17-34-27(39-11-9-38(7)10-12-39)37-24(21)25(30)35-20-14-18(13-19(29)15-20)26(40)36-23(32-6)16-22(31-5)28(2,3)4/h8,13-17,32,35H,1,9-12,30H2,2-7H3,(H,36,40)/b23-16+,25-24-,31-22+,33-21-. The summed E-state index contributed by atoms with van der Waals surface area (Å²) in [5, 5.41) is 9.38. The summed E-state index contributed by atoms with van der Waals surface area (Å²) in [6.07, 6.45) is 4.85. The summed E-state index contributed by atoms with van der Waals surface area (Å²) in [4.78, 5) is 35.4. The minimum Gasteiger partial charge on any atom is -0.383 e. The van der Waals surface area contributed by atoms with E-state index >= 15 is 0 Å². The summed E-state index contributed by atoms with van der Waals surface area (Å²) >= 11 is 6.39. The number of amides is 1. The van der Waals surface area contributed by atoms with Gasteiger partial charge in [-0.2, -0.15) is 0 Å². The van der Waals surface area contributed by atoms with E-state index in [-0.39, 0.29) is 17.1 Å². The summed E-state index contributed by atoms with van der Waals surface area (Å²) in [6, 6.07) is 4.92. The molecule has 3 rings (SSSR count). The molecule has 0 unspecified atom stereocenters. The molecule has 1 fully saturated rings. The van der Waals surface area contributed by atoms with Crippen LogP contribution in [0.5, 0.6) is 0 Å². The van der Waals surface area contributed by atoms with Gasteiger partial charge in [0, 0.05) is 80.0 Å². The number of nitrogens with zero attached hydrogens (tertiary/aromatic N) is 6. The second kappa shape index (κ2) is 13.4. The van der Waals surface area contributed by atoms with Crippen LogP contribution in [0, 0.1) is 5.41 Å². The van der Waals surface area contributed by atoms with Crippen LogP contribution in [0.15, 0.2) is 74.4 Å². The Morgan fingerprint density at radius 3 is 2.50 bits per heavy atom. The van der Waals surface area contributed by atoms with Crippen LogP contribution in [0.1, 0.15) is 31.1 Å². The topological polar surface area (TPSA) is 135 Å². The minimum atomic E-state index is -0.351. The number of piperazine rings is 1. The van der Waals surface area contributed by atoms with Crippen LogP contribution >= 0.6 is 11.6 Å². The zero-order chi connectivity index (χ0) is 29.4. The number of rotatable bonds is 7. The molecule has 2 aliphatic rings. The molecule has 0 aromatic heterocycles. The Labute approximate surface area is 241 Å². The third-order valence-electron chi connectivity index (χ3n) is 6.28. The Kier molecular flexibility index (Phi) is 10.2. The Bertz CT molecular complexity index is 1310. The summed E-state index contributed by atoms with van der Waals surface area (Å²) in [5.41, 5.74) is 8.86. The van der Waals surface area contributed by atoms with Crippen molar-refractivity contribution in [1.82, 2.24) is 20.4 Å². The molecule has 2 heterocycles. The maximum Gasteiger partial charge on any atom is 0.256 e. The fraction of sp³-hybridized carbons (Fsp3) is 0.393. The third kappa shape index (κ3) is 8.03. The van der Waals surface area contributed by atoms with Gasteiger partial charge in [-0.1, -0.05) is 39.0 Å². The van der Waals surface area contributed by atoms with Gasteiger partial charge < -0.3 is 31.5 Å². The van der Waals surface area contributed by atoms with Gasteiger partial charge in [0.25, 0.3) is 5.91 Å². The normalized spacial score (nSPS) is 19.3. The van der Waals surface area contributed by atoms with E-state index in [9.17, 15) is 4.79 Å². The predicted octanol–water partition coefficient (Wildman–Crippen LogP) is 3.06. The van der Waals surface area contributed by atoms with Gasteiger partial charge in [0.2, 0.25) is 5.96 Å². The number of benzene rings is 1. The van der Waals surface area contributed by atoms with E-state index < -0.39 is 0 Å². The van der Waals surface area contributed by atoms with Crippen molar-refractivity contribution in [2.75, 3.05) is 52.6 Å². The number of halogens is 1. The Morgan fingerprint density at radius 1 is 1.20 bits per heavy atom. The average molecular weight is 567 g/mol. The second-order valence-electron chi connectivity index (χ2n) is 10.4. The van der Waals surface area contributed by atoms with Crippen molar-refractivity contribution in [3.8, 4) is 0 Å². The average Bonchev–Trinajstić information content (AvgIpc) is 2.90. The summed E-state index contributed by atoms with van der Waals surface area (Å²) in [6.45, 7) is 13.3. The predicted molar refractivity (Wildman–Crippen MR) is 166 cm³/mol. The van der Waals surface area contributed by atoms with Crippen molar-refractivity contribution in [3.05, 3.63) is 65.0 Å². The number of hydrogen-bond acceptors (Lipinski definition) is 10. The Balaban J connectivity index is 1.88. The highest BCUT2D eigenvalue weighted by Gasteiger charge is 2.23. The van der Waals surface area contributed by atoms with Crippen LogP contribution in [0.3, 0.4) is 0 Å². The molecule has 0 bridgehead atoms. The first-order valence-electron chi connectivity index (χ1n) is 13.0. The number of nitrogens with two attached hydrogens (primary N) is 1. The first-order valence-corrected chi connectivity index (χ1v) is 13.3. The van der Waals surface area contributed by atoms with Crippen LogP contribution in [-0.4, -0.2) is 86.6 Å². The number of anilines is 1. The number of aliphatic imine (C=N–C) groups is 4. The van der Waals surface area contributed by atoms with Crippen LogP contribution in [0.2, 0.25) is 5.02 Å². The van der Waals surface area contributed by atoms with E-state index in [2.05, 4.69) is 75.1 Å². The van der Waals surface area contributed by atoms with E-state index in [1.807, 2.05) is 6.08 Å². The smallest absolute Gasteiger partial charge is 0.256 e. The first kappa shape index (κ1) is 30.6. The van der Waals surface area contributed by atoms with Crippen molar-refractivity contribution in [3.63, 3.8) is 0 Å². The lowest BCUT2D eigenvalue weighted by atomic mass is 9.89. The molecule has 214 valence electrons. The SMILES string of the molecule is C=C/N=C1/C=NC(N2CCN(C)CC2)=N/C1=C(/N)Nc1cc(Cl)cc(C(=O)N/C(=C/C(=N\C)C(C)(C)C)NC)c1. The highest BCUT2D eigenvalue weighted by Crippen LogP contribution is 2.22.